The first-order valence-electron chi connectivity index (χ1n) is 12.6. The lowest BCUT2D eigenvalue weighted by atomic mass is 10.2. The molecule has 0 saturated heterocycles. The van der Waals surface area contributed by atoms with Crippen LogP contribution in [0.25, 0.3) is 21.9 Å². The van der Waals surface area contributed by atoms with E-state index in [-0.39, 0.29) is 11.2 Å². The van der Waals surface area contributed by atoms with Crippen LogP contribution in [0.2, 0.25) is 0 Å². The number of rotatable bonds is 13. The van der Waals surface area contributed by atoms with Crippen LogP contribution in [0.15, 0.2) is 30.5 Å². The van der Waals surface area contributed by atoms with Gasteiger partial charge in [-0.15, -0.1) is 0 Å². The normalized spacial score (nSPS) is 10.8. The van der Waals surface area contributed by atoms with Crippen molar-refractivity contribution in [2.75, 3.05) is 6.61 Å². The number of carbonyl (C=O) groups is 2. The maximum Gasteiger partial charge on any atom is 0.305 e. The quantitative estimate of drug-likeness (QED) is 0.147. The molecule has 0 amide bonds. The van der Waals surface area contributed by atoms with Crippen LogP contribution in [0, 0.1) is 0 Å². The second-order valence-electron chi connectivity index (χ2n) is 8.43. The van der Waals surface area contributed by atoms with Crippen LogP contribution in [-0.2, 0) is 27.3 Å². The Labute approximate surface area is 208 Å². The highest BCUT2D eigenvalue weighted by atomic mass is 35.5. The van der Waals surface area contributed by atoms with Gasteiger partial charge in [-0.1, -0.05) is 58.2 Å². The Morgan fingerprint density at radius 3 is 2.32 bits per heavy atom. The predicted molar refractivity (Wildman–Crippen MR) is 139 cm³/mol. The van der Waals surface area contributed by atoms with Gasteiger partial charge in [0, 0.05) is 31.2 Å². The second-order valence-corrected chi connectivity index (χ2v) is 8.85. The molecule has 0 spiro atoms. The van der Waals surface area contributed by atoms with Crippen molar-refractivity contribution in [3.8, 4) is 0 Å². The topological polar surface area (TPSA) is 74.1 Å². The number of nitrogens with zero attached hydrogens (tertiary/aromatic N) is 3. The van der Waals surface area contributed by atoms with E-state index in [1.165, 1.54) is 0 Å². The van der Waals surface area contributed by atoms with Gasteiger partial charge in [0.25, 0.3) is 0 Å². The van der Waals surface area contributed by atoms with E-state index in [1.807, 2.05) is 31.3 Å². The number of esters is 1. The van der Waals surface area contributed by atoms with Crippen molar-refractivity contribution in [3.05, 3.63) is 36.3 Å². The maximum absolute atomic E-state index is 11.7. The third-order valence-corrected chi connectivity index (χ3v) is 5.75. The lowest BCUT2D eigenvalue weighted by Crippen LogP contribution is -2.10. The van der Waals surface area contributed by atoms with Crippen molar-refractivity contribution >= 4 is 44.7 Å². The number of pyridine rings is 1. The number of hydrogen-bond donors (Lipinski definition) is 0. The fourth-order valence-corrected chi connectivity index (χ4v) is 3.83. The van der Waals surface area contributed by atoms with Gasteiger partial charge >= 0.3 is 5.97 Å². The molecule has 3 aromatic rings. The van der Waals surface area contributed by atoms with Gasteiger partial charge in [-0.3, -0.25) is 14.6 Å². The third-order valence-electron chi connectivity index (χ3n) is 5.56. The molecule has 186 valence electrons. The van der Waals surface area contributed by atoms with Crippen molar-refractivity contribution in [2.24, 2.45) is 0 Å². The number of para-hydroxylation sites is 1. The highest BCUT2D eigenvalue weighted by molar-refractivity contribution is 6.63. The monoisotopic (exact) mass is 487 g/mol. The first-order valence-corrected chi connectivity index (χ1v) is 13.0. The van der Waals surface area contributed by atoms with Crippen LogP contribution in [0.5, 0.6) is 0 Å². The number of hydrogen-bond acceptors (Lipinski definition) is 5. The van der Waals surface area contributed by atoms with Gasteiger partial charge in [-0.05, 0) is 43.4 Å². The number of carbonyl (C=O) groups excluding carboxylic acids is 2. The van der Waals surface area contributed by atoms with Crippen molar-refractivity contribution in [2.45, 2.75) is 91.5 Å². The number of aromatic nitrogens is 3. The molecule has 6 nitrogen and oxygen atoms in total. The predicted octanol–water partition coefficient (Wildman–Crippen LogP) is 6.99. The molecule has 0 unspecified atom stereocenters. The third kappa shape index (κ3) is 8.71. The summed E-state index contributed by atoms with van der Waals surface area (Å²) in [7, 11) is 0. The minimum absolute atomic E-state index is 0.0896. The zero-order valence-electron chi connectivity index (χ0n) is 20.8. The largest absolute Gasteiger partial charge is 0.466 e. The standard InChI is InChI=1S/C22H29N3O2.C5H9ClO/c1-3-5-12-20-24-19-16-23-18-11-8-7-10-17(18)22(19)25(20)14-9-15-27-21(26)13-6-4-2;1-2-3-4-5(6)7/h7-8,10-11,16H,3-6,9,12-15H2,1-2H3;2-4H2,1H3. The molecule has 7 heteroatoms. The average Bonchev–Trinajstić information content (AvgIpc) is 3.20. The second kappa shape index (κ2) is 15.4. The molecule has 0 aliphatic rings. The maximum atomic E-state index is 11.7. The van der Waals surface area contributed by atoms with E-state index in [0.717, 1.165) is 85.7 Å². The number of ether oxygens (including phenoxy) is 1. The van der Waals surface area contributed by atoms with Crippen LogP contribution in [0.1, 0.15) is 84.4 Å². The van der Waals surface area contributed by atoms with Gasteiger partial charge in [-0.2, -0.15) is 0 Å². The SMILES string of the molecule is CCCCC(=O)Cl.CCCCC(=O)OCCCn1c(CCCC)nc2cnc3ccccc3c21. The molecule has 0 aliphatic heterocycles. The van der Waals surface area contributed by atoms with Crippen molar-refractivity contribution in [1.29, 1.82) is 0 Å². The summed E-state index contributed by atoms with van der Waals surface area (Å²) in [6.45, 7) is 7.55. The molecule has 3 rings (SSSR count). The van der Waals surface area contributed by atoms with E-state index >= 15 is 0 Å². The Bertz CT molecular complexity index is 1050. The smallest absolute Gasteiger partial charge is 0.305 e. The van der Waals surface area contributed by atoms with Crippen molar-refractivity contribution in [3.63, 3.8) is 0 Å². The Kier molecular flexibility index (Phi) is 12.6. The van der Waals surface area contributed by atoms with Crippen molar-refractivity contribution < 1.29 is 14.3 Å². The summed E-state index contributed by atoms with van der Waals surface area (Å²) >= 11 is 5.02. The molecule has 0 fully saturated rings. The molecule has 2 heterocycles. The number of fused-ring (bicyclic) bond motifs is 3. The lowest BCUT2D eigenvalue weighted by Gasteiger charge is -2.11. The minimum Gasteiger partial charge on any atom is -0.466 e. The number of imidazole rings is 1. The van der Waals surface area contributed by atoms with Crippen LogP contribution < -0.4 is 0 Å². The van der Waals surface area contributed by atoms with Crippen LogP contribution in [0.4, 0.5) is 0 Å². The molecule has 34 heavy (non-hydrogen) atoms. The molecule has 0 aliphatic carbocycles. The minimum atomic E-state index is -0.221. The Morgan fingerprint density at radius 2 is 1.65 bits per heavy atom. The van der Waals surface area contributed by atoms with Gasteiger partial charge in [0.1, 0.15) is 11.3 Å². The number of aryl methyl sites for hydroxylation is 2. The zero-order valence-corrected chi connectivity index (χ0v) is 21.6. The molecule has 0 N–H and O–H groups in total. The summed E-state index contributed by atoms with van der Waals surface area (Å²) in [5, 5.41) is 0.909. The molecule has 0 bridgehead atoms. The molecular weight excluding hydrogens is 450 g/mol. The van der Waals surface area contributed by atoms with Crippen LogP contribution >= 0.6 is 11.6 Å². The van der Waals surface area contributed by atoms with Crippen LogP contribution in [0.3, 0.4) is 0 Å². The van der Waals surface area contributed by atoms with Gasteiger partial charge < -0.3 is 9.30 Å². The first kappa shape index (κ1) is 27.8. The summed E-state index contributed by atoms with van der Waals surface area (Å²) < 4.78 is 7.68. The number of benzene rings is 1. The van der Waals surface area contributed by atoms with Crippen molar-refractivity contribution in [1.82, 2.24) is 14.5 Å². The molecule has 0 saturated carbocycles. The highest BCUT2D eigenvalue weighted by Crippen LogP contribution is 2.25. The van der Waals surface area contributed by atoms with E-state index in [4.69, 9.17) is 21.3 Å². The van der Waals surface area contributed by atoms with Gasteiger partial charge in [0.15, 0.2) is 0 Å². The first-order chi connectivity index (χ1) is 16.5. The van der Waals surface area contributed by atoms with Gasteiger partial charge in [-0.25, -0.2) is 4.98 Å². The van der Waals surface area contributed by atoms with E-state index in [2.05, 4.69) is 29.5 Å². The number of halogens is 1. The Morgan fingerprint density at radius 1 is 0.941 bits per heavy atom. The van der Waals surface area contributed by atoms with Gasteiger partial charge in [0.2, 0.25) is 5.24 Å². The van der Waals surface area contributed by atoms with E-state index in [9.17, 15) is 9.59 Å². The highest BCUT2D eigenvalue weighted by Gasteiger charge is 2.14. The van der Waals surface area contributed by atoms with E-state index in [0.29, 0.717) is 19.4 Å². The summed E-state index contributed by atoms with van der Waals surface area (Å²) in [5.74, 6) is 1.01. The average molecular weight is 488 g/mol. The fraction of sp³-hybridized carbons (Fsp3) is 0.556. The molecule has 0 atom stereocenters. The Balaban J connectivity index is 0.000000509. The Hall–Kier alpha value is -2.47. The van der Waals surface area contributed by atoms with E-state index in [1.54, 1.807) is 0 Å². The molecule has 2 aromatic heterocycles. The molecule has 1 aromatic carbocycles. The van der Waals surface area contributed by atoms with Gasteiger partial charge in [0.05, 0.1) is 23.8 Å². The van der Waals surface area contributed by atoms with Crippen LogP contribution in [-0.4, -0.2) is 32.4 Å². The van der Waals surface area contributed by atoms with E-state index < -0.39 is 0 Å². The number of unbranched alkanes of at least 4 members (excludes halogenated alkanes) is 3. The fourth-order valence-electron chi connectivity index (χ4n) is 3.69. The summed E-state index contributed by atoms with van der Waals surface area (Å²) in [5.41, 5.74) is 3.07. The summed E-state index contributed by atoms with van der Waals surface area (Å²) in [4.78, 5) is 31.1. The summed E-state index contributed by atoms with van der Waals surface area (Å²) in [6.07, 6.45) is 10.8. The molecular formula is C27H38ClN3O3. The summed E-state index contributed by atoms with van der Waals surface area (Å²) in [6, 6.07) is 8.20. The lowest BCUT2D eigenvalue weighted by molar-refractivity contribution is -0.143. The molecule has 0 radical (unpaired) electrons. The zero-order chi connectivity index (χ0) is 24.8.